The molecule has 2 heterocycles. The van der Waals surface area contributed by atoms with Gasteiger partial charge in [0.2, 0.25) is 5.88 Å². The first-order valence-electron chi connectivity index (χ1n) is 5.98. The van der Waals surface area contributed by atoms with Gasteiger partial charge in [-0.05, 0) is 29.8 Å². The zero-order valence-corrected chi connectivity index (χ0v) is 11.7. The third kappa shape index (κ3) is 4.10. The Kier molecular flexibility index (Phi) is 4.57. The number of nitrogen functional groups attached to an aromatic ring is 1. The highest BCUT2D eigenvalue weighted by atomic mass is 32.2. The van der Waals surface area contributed by atoms with E-state index >= 15 is 0 Å². The predicted octanol–water partition coefficient (Wildman–Crippen LogP) is 2.64. The summed E-state index contributed by atoms with van der Waals surface area (Å²) in [5.41, 5.74) is 6.39. The maximum absolute atomic E-state index is 5.84. The number of pyridine rings is 1. The lowest BCUT2D eigenvalue weighted by molar-refractivity contribution is 0.261. The first-order valence-corrected chi connectivity index (χ1v) is 6.80. The molecular formula is C13H16N4OS. The summed E-state index contributed by atoms with van der Waals surface area (Å²) in [6, 6.07) is 3.64. The summed E-state index contributed by atoms with van der Waals surface area (Å²) < 4.78 is 5.59. The lowest BCUT2D eigenvalue weighted by Gasteiger charge is -2.10. The number of anilines is 1. The van der Waals surface area contributed by atoms with Crippen molar-refractivity contribution in [3.8, 4) is 5.88 Å². The van der Waals surface area contributed by atoms with Gasteiger partial charge in [-0.15, -0.1) is 0 Å². The summed E-state index contributed by atoms with van der Waals surface area (Å²) >= 11 is 1.42. The zero-order valence-electron chi connectivity index (χ0n) is 10.9. The molecule has 0 aliphatic heterocycles. The highest BCUT2D eigenvalue weighted by Crippen LogP contribution is 2.28. The maximum atomic E-state index is 5.84. The van der Waals surface area contributed by atoms with Crippen molar-refractivity contribution in [3.63, 3.8) is 0 Å². The second-order valence-electron chi connectivity index (χ2n) is 4.39. The summed E-state index contributed by atoms with van der Waals surface area (Å²) in [5.74, 6) is 0.903. The normalized spacial score (nSPS) is 10.7. The highest BCUT2D eigenvalue weighted by molar-refractivity contribution is 7.99. The first-order chi connectivity index (χ1) is 9.15. The number of ether oxygens (including phenoxy) is 1. The van der Waals surface area contributed by atoms with Gasteiger partial charge in [-0.2, -0.15) is 0 Å². The van der Waals surface area contributed by atoms with Crippen molar-refractivity contribution >= 4 is 17.4 Å². The molecule has 19 heavy (non-hydrogen) atoms. The van der Waals surface area contributed by atoms with Crippen LogP contribution in [-0.4, -0.2) is 21.6 Å². The topological polar surface area (TPSA) is 73.9 Å². The lowest BCUT2D eigenvalue weighted by atomic mass is 10.2. The smallest absolute Gasteiger partial charge is 0.238 e. The molecular weight excluding hydrogens is 260 g/mol. The molecule has 0 spiro atoms. The van der Waals surface area contributed by atoms with Crippen LogP contribution in [0.1, 0.15) is 13.8 Å². The summed E-state index contributed by atoms with van der Waals surface area (Å²) in [5, 5.41) is 1.57. The second-order valence-corrected chi connectivity index (χ2v) is 5.44. The van der Waals surface area contributed by atoms with Gasteiger partial charge in [0.15, 0.2) is 0 Å². The fourth-order valence-corrected chi connectivity index (χ4v) is 2.00. The Morgan fingerprint density at radius 1 is 1.26 bits per heavy atom. The van der Waals surface area contributed by atoms with Crippen LogP contribution in [-0.2, 0) is 0 Å². The lowest BCUT2D eigenvalue weighted by Crippen LogP contribution is -2.07. The van der Waals surface area contributed by atoms with Crippen molar-refractivity contribution in [1.29, 1.82) is 0 Å². The van der Waals surface area contributed by atoms with Gasteiger partial charge >= 0.3 is 0 Å². The Labute approximate surface area is 116 Å². The van der Waals surface area contributed by atoms with E-state index < -0.39 is 0 Å². The predicted molar refractivity (Wildman–Crippen MR) is 75.1 cm³/mol. The monoisotopic (exact) mass is 276 g/mol. The van der Waals surface area contributed by atoms with E-state index in [1.54, 1.807) is 24.7 Å². The third-order valence-electron chi connectivity index (χ3n) is 2.17. The standard InChI is InChI=1S/C13H16N4OS/c1-9(2)8-18-13-10(14)3-4-11(17-13)19-12-7-15-5-6-16-12/h3-7,9H,8,14H2,1-2H3. The molecule has 2 aromatic heterocycles. The van der Waals surface area contributed by atoms with E-state index in [2.05, 4.69) is 28.8 Å². The molecule has 0 atom stereocenters. The third-order valence-corrected chi connectivity index (χ3v) is 3.02. The van der Waals surface area contributed by atoms with E-state index in [0.717, 1.165) is 10.1 Å². The van der Waals surface area contributed by atoms with Crippen molar-refractivity contribution < 1.29 is 4.74 Å². The Morgan fingerprint density at radius 2 is 2.11 bits per heavy atom. The molecule has 6 heteroatoms. The van der Waals surface area contributed by atoms with Crippen molar-refractivity contribution in [2.24, 2.45) is 5.92 Å². The van der Waals surface area contributed by atoms with Gasteiger partial charge < -0.3 is 10.5 Å². The van der Waals surface area contributed by atoms with E-state index in [-0.39, 0.29) is 0 Å². The summed E-state index contributed by atoms with van der Waals surface area (Å²) in [7, 11) is 0. The summed E-state index contributed by atoms with van der Waals surface area (Å²) in [6.45, 7) is 4.75. The minimum absolute atomic E-state index is 0.428. The van der Waals surface area contributed by atoms with Crippen LogP contribution in [0, 0.1) is 5.92 Å². The average molecular weight is 276 g/mol. The van der Waals surface area contributed by atoms with Crippen molar-refractivity contribution in [2.75, 3.05) is 12.3 Å². The molecule has 0 aromatic carbocycles. The molecule has 0 unspecified atom stereocenters. The van der Waals surface area contributed by atoms with E-state index in [0.29, 0.717) is 24.1 Å². The summed E-state index contributed by atoms with van der Waals surface area (Å²) in [4.78, 5) is 12.6. The van der Waals surface area contributed by atoms with Crippen LogP contribution in [0.25, 0.3) is 0 Å². The van der Waals surface area contributed by atoms with E-state index in [1.165, 1.54) is 11.8 Å². The van der Waals surface area contributed by atoms with Gasteiger partial charge in [-0.25, -0.2) is 9.97 Å². The number of nitrogens with two attached hydrogens (primary N) is 1. The molecule has 2 aromatic rings. The van der Waals surface area contributed by atoms with Crippen molar-refractivity contribution in [1.82, 2.24) is 15.0 Å². The molecule has 0 bridgehead atoms. The van der Waals surface area contributed by atoms with Crippen LogP contribution < -0.4 is 10.5 Å². The van der Waals surface area contributed by atoms with E-state index in [9.17, 15) is 0 Å². The van der Waals surface area contributed by atoms with Gasteiger partial charge in [0.1, 0.15) is 10.1 Å². The number of hydrogen-bond acceptors (Lipinski definition) is 6. The molecule has 0 saturated carbocycles. The van der Waals surface area contributed by atoms with Gasteiger partial charge in [-0.3, -0.25) is 4.98 Å². The van der Waals surface area contributed by atoms with Crippen molar-refractivity contribution in [2.45, 2.75) is 23.9 Å². The maximum Gasteiger partial charge on any atom is 0.238 e. The Morgan fingerprint density at radius 3 is 2.79 bits per heavy atom. The minimum Gasteiger partial charge on any atom is -0.476 e. The largest absolute Gasteiger partial charge is 0.476 e. The fraction of sp³-hybridized carbons (Fsp3) is 0.308. The molecule has 5 nitrogen and oxygen atoms in total. The van der Waals surface area contributed by atoms with Crippen LogP contribution in [0.5, 0.6) is 5.88 Å². The van der Waals surface area contributed by atoms with Crippen LogP contribution in [0.2, 0.25) is 0 Å². The highest BCUT2D eigenvalue weighted by Gasteiger charge is 2.07. The van der Waals surface area contributed by atoms with Crippen LogP contribution in [0.4, 0.5) is 5.69 Å². The number of hydrogen-bond donors (Lipinski definition) is 1. The Bertz CT molecular complexity index is 533. The van der Waals surface area contributed by atoms with Gasteiger partial charge in [0, 0.05) is 12.4 Å². The molecule has 2 rings (SSSR count). The van der Waals surface area contributed by atoms with Gasteiger partial charge in [-0.1, -0.05) is 13.8 Å². The molecule has 100 valence electrons. The minimum atomic E-state index is 0.428. The number of aromatic nitrogens is 3. The molecule has 2 N–H and O–H groups in total. The average Bonchev–Trinajstić information content (AvgIpc) is 2.40. The van der Waals surface area contributed by atoms with E-state index in [1.807, 2.05) is 6.07 Å². The van der Waals surface area contributed by atoms with Gasteiger partial charge in [0.25, 0.3) is 0 Å². The molecule has 0 amide bonds. The van der Waals surface area contributed by atoms with Crippen LogP contribution >= 0.6 is 11.8 Å². The van der Waals surface area contributed by atoms with Crippen LogP contribution in [0.15, 0.2) is 40.8 Å². The number of rotatable bonds is 5. The fourth-order valence-electron chi connectivity index (χ4n) is 1.30. The Balaban J connectivity index is 2.12. The quantitative estimate of drug-likeness (QED) is 0.905. The van der Waals surface area contributed by atoms with Crippen LogP contribution in [0.3, 0.4) is 0 Å². The van der Waals surface area contributed by atoms with E-state index in [4.69, 9.17) is 10.5 Å². The zero-order chi connectivity index (χ0) is 13.7. The first kappa shape index (κ1) is 13.6. The molecule has 0 aliphatic carbocycles. The van der Waals surface area contributed by atoms with Gasteiger partial charge in [0.05, 0.1) is 18.5 Å². The van der Waals surface area contributed by atoms with Crippen molar-refractivity contribution in [3.05, 3.63) is 30.7 Å². The second kappa shape index (κ2) is 6.38. The molecule has 0 saturated heterocycles. The molecule has 0 radical (unpaired) electrons. The SMILES string of the molecule is CC(C)COc1nc(Sc2cnccn2)ccc1N. The molecule has 0 fully saturated rings. The number of nitrogens with zero attached hydrogens (tertiary/aromatic N) is 3. The molecule has 0 aliphatic rings. The summed E-state index contributed by atoms with van der Waals surface area (Å²) in [6.07, 6.45) is 4.98. The Hall–Kier alpha value is -1.82.